The fraction of sp³-hybridized carbons (Fsp3) is 1.00. The average Bonchev–Trinajstić information content (AvgIpc) is 2.42. The standard InChI is InChI=1S/C17H34N2O/c1-13-8-14(2)16(17(9-13)18-3)11-19(4)10-15-6-5-7-20-12-15/h13-18H,5-12H2,1-4H3. The first-order valence-corrected chi connectivity index (χ1v) is 8.53. The molecule has 0 amide bonds. The Kier molecular flexibility index (Phi) is 6.31. The van der Waals surface area contributed by atoms with Gasteiger partial charge in [0.05, 0.1) is 6.61 Å². The Balaban J connectivity index is 1.83. The van der Waals surface area contributed by atoms with Crippen LogP contribution in [0.15, 0.2) is 0 Å². The Bertz CT molecular complexity index is 278. The highest BCUT2D eigenvalue weighted by Gasteiger charge is 2.33. The van der Waals surface area contributed by atoms with Crippen LogP contribution in [-0.2, 0) is 4.74 Å². The minimum Gasteiger partial charge on any atom is -0.381 e. The van der Waals surface area contributed by atoms with Crippen molar-refractivity contribution in [3.8, 4) is 0 Å². The minimum absolute atomic E-state index is 0.693. The number of hydrogen-bond donors (Lipinski definition) is 1. The molecule has 1 saturated heterocycles. The maximum atomic E-state index is 5.61. The lowest BCUT2D eigenvalue weighted by molar-refractivity contribution is 0.0342. The molecule has 5 atom stereocenters. The zero-order valence-corrected chi connectivity index (χ0v) is 13.9. The second-order valence-electron chi connectivity index (χ2n) is 7.42. The van der Waals surface area contributed by atoms with Crippen LogP contribution in [0.5, 0.6) is 0 Å². The highest BCUT2D eigenvalue weighted by Crippen LogP contribution is 2.34. The molecule has 1 aliphatic carbocycles. The van der Waals surface area contributed by atoms with E-state index in [0.717, 1.165) is 36.9 Å². The predicted octanol–water partition coefficient (Wildman–Crippen LogP) is 2.62. The third-order valence-corrected chi connectivity index (χ3v) is 5.40. The van der Waals surface area contributed by atoms with Crippen LogP contribution in [0.4, 0.5) is 0 Å². The van der Waals surface area contributed by atoms with Gasteiger partial charge in [-0.1, -0.05) is 13.8 Å². The Morgan fingerprint density at radius 3 is 2.65 bits per heavy atom. The molecule has 3 heteroatoms. The molecular weight excluding hydrogens is 248 g/mol. The Morgan fingerprint density at radius 1 is 1.20 bits per heavy atom. The van der Waals surface area contributed by atoms with Gasteiger partial charge in [0.1, 0.15) is 0 Å². The molecule has 0 radical (unpaired) electrons. The van der Waals surface area contributed by atoms with Gasteiger partial charge in [-0.15, -0.1) is 0 Å². The van der Waals surface area contributed by atoms with Crippen molar-refractivity contribution in [3.63, 3.8) is 0 Å². The molecule has 118 valence electrons. The van der Waals surface area contributed by atoms with Crippen molar-refractivity contribution in [1.29, 1.82) is 0 Å². The van der Waals surface area contributed by atoms with E-state index >= 15 is 0 Å². The third kappa shape index (κ3) is 4.44. The zero-order valence-electron chi connectivity index (χ0n) is 13.9. The van der Waals surface area contributed by atoms with Crippen molar-refractivity contribution in [3.05, 3.63) is 0 Å². The van der Waals surface area contributed by atoms with Gasteiger partial charge in [-0.25, -0.2) is 0 Å². The Labute approximate surface area is 125 Å². The van der Waals surface area contributed by atoms with Crippen molar-refractivity contribution in [2.24, 2.45) is 23.7 Å². The average molecular weight is 282 g/mol. The fourth-order valence-corrected chi connectivity index (χ4v) is 4.38. The van der Waals surface area contributed by atoms with Gasteiger partial charge in [0.15, 0.2) is 0 Å². The highest BCUT2D eigenvalue weighted by atomic mass is 16.5. The lowest BCUT2D eigenvalue weighted by Gasteiger charge is -2.42. The Morgan fingerprint density at radius 2 is 2.00 bits per heavy atom. The van der Waals surface area contributed by atoms with Gasteiger partial charge in [-0.2, -0.15) is 0 Å². The molecule has 0 bridgehead atoms. The summed E-state index contributed by atoms with van der Waals surface area (Å²) < 4.78 is 5.61. The van der Waals surface area contributed by atoms with E-state index in [4.69, 9.17) is 4.74 Å². The van der Waals surface area contributed by atoms with E-state index < -0.39 is 0 Å². The van der Waals surface area contributed by atoms with Crippen LogP contribution >= 0.6 is 0 Å². The summed E-state index contributed by atoms with van der Waals surface area (Å²) in [6.07, 6.45) is 5.32. The predicted molar refractivity (Wildman–Crippen MR) is 84.9 cm³/mol. The van der Waals surface area contributed by atoms with Gasteiger partial charge < -0.3 is 15.0 Å². The van der Waals surface area contributed by atoms with Crippen molar-refractivity contribution < 1.29 is 4.74 Å². The fourth-order valence-electron chi connectivity index (χ4n) is 4.38. The molecule has 2 rings (SSSR count). The van der Waals surface area contributed by atoms with Gasteiger partial charge in [-0.3, -0.25) is 0 Å². The largest absolute Gasteiger partial charge is 0.381 e. The molecule has 0 aromatic rings. The van der Waals surface area contributed by atoms with Crippen molar-refractivity contribution in [2.45, 2.75) is 45.6 Å². The molecule has 0 aromatic carbocycles. The highest BCUT2D eigenvalue weighted by molar-refractivity contribution is 4.88. The molecule has 3 nitrogen and oxygen atoms in total. The van der Waals surface area contributed by atoms with Crippen LogP contribution in [0.3, 0.4) is 0 Å². The molecule has 1 N–H and O–H groups in total. The smallest absolute Gasteiger partial charge is 0.0506 e. The van der Waals surface area contributed by atoms with E-state index in [9.17, 15) is 0 Å². The van der Waals surface area contributed by atoms with Gasteiger partial charge in [0, 0.05) is 25.7 Å². The van der Waals surface area contributed by atoms with Crippen LogP contribution in [-0.4, -0.2) is 51.3 Å². The second kappa shape index (κ2) is 7.77. The lowest BCUT2D eigenvalue weighted by Crippen LogP contribution is -2.48. The first-order chi connectivity index (χ1) is 9.60. The van der Waals surface area contributed by atoms with E-state index in [-0.39, 0.29) is 0 Å². The maximum absolute atomic E-state index is 5.61. The molecule has 0 aromatic heterocycles. The SMILES string of the molecule is CNC1CC(C)CC(C)C1CN(C)CC1CCCOC1. The third-order valence-electron chi connectivity index (χ3n) is 5.40. The summed E-state index contributed by atoms with van der Waals surface area (Å²) in [5.41, 5.74) is 0. The second-order valence-corrected chi connectivity index (χ2v) is 7.42. The van der Waals surface area contributed by atoms with Crippen molar-refractivity contribution in [1.82, 2.24) is 10.2 Å². The summed E-state index contributed by atoms with van der Waals surface area (Å²) in [6, 6.07) is 0.693. The molecule has 2 fully saturated rings. The van der Waals surface area contributed by atoms with Crippen molar-refractivity contribution >= 4 is 0 Å². The summed E-state index contributed by atoms with van der Waals surface area (Å²) in [4.78, 5) is 2.56. The van der Waals surface area contributed by atoms with E-state index in [1.54, 1.807) is 0 Å². The van der Waals surface area contributed by atoms with Gasteiger partial charge in [0.2, 0.25) is 0 Å². The van der Waals surface area contributed by atoms with Gasteiger partial charge >= 0.3 is 0 Å². The molecule has 5 unspecified atom stereocenters. The van der Waals surface area contributed by atoms with Gasteiger partial charge in [-0.05, 0) is 63.5 Å². The number of ether oxygens (including phenoxy) is 1. The summed E-state index contributed by atoms with van der Waals surface area (Å²) in [5.74, 6) is 3.25. The molecule has 2 aliphatic rings. The van der Waals surface area contributed by atoms with Crippen LogP contribution in [0.25, 0.3) is 0 Å². The summed E-state index contributed by atoms with van der Waals surface area (Å²) in [7, 11) is 4.43. The quantitative estimate of drug-likeness (QED) is 0.839. The Hall–Kier alpha value is -0.120. The number of hydrogen-bond acceptors (Lipinski definition) is 3. The molecule has 20 heavy (non-hydrogen) atoms. The maximum Gasteiger partial charge on any atom is 0.0506 e. The van der Waals surface area contributed by atoms with Crippen LogP contribution < -0.4 is 5.32 Å². The zero-order chi connectivity index (χ0) is 14.5. The van der Waals surface area contributed by atoms with E-state index in [0.29, 0.717) is 6.04 Å². The van der Waals surface area contributed by atoms with Crippen LogP contribution in [0.2, 0.25) is 0 Å². The molecule has 1 saturated carbocycles. The molecule has 1 heterocycles. The van der Waals surface area contributed by atoms with E-state index in [1.165, 1.54) is 38.8 Å². The summed E-state index contributed by atoms with van der Waals surface area (Å²) in [5, 5.41) is 3.57. The first-order valence-electron chi connectivity index (χ1n) is 8.53. The number of nitrogens with zero attached hydrogens (tertiary/aromatic N) is 1. The van der Waals surface area contributed by atoms with E-state index in [2.05, 4.69) is 38.2 Å². The minimum atomic E-state index is 0.693. The van der Waals surface area contributed by atoms with E-state index in [1.807, 2.05) is 0 Å². The number of rotatable bonds is 5. The molecular formula is C17H34N2O. The summed E-state index contributed by atoms with van der Waals surface area (Å²) >= 11 is 0. The van der Waals surface area contributed by atoms with Crippen LogP contribution in [0, 0.1) is 23.7 Å². The normalized spacial score (nSPS) is 39.1. The summed E-state index contributed by atoms with van der Waals surface area (Å²) in [6.45, 7) is 9.23. The van der Waals surface area contributed by atoms with Gasteiger partial charge in [0.25, 0.3) is 0 Å². The molecule has 1 aliphatic heterocycles. The molecule has 0 spiro atoms. The van der Waals surface area contributed by atoms with Crippen LogP contribution in [0.1, 0.15) is 39.5 Å². The van der Waals surface area contributed by atoms with Crippen molar-refractivity contribution in [2.75, 3.05) is 40.4 Å². The topological polar surface area (TPSA) is 24.5 Å². The monoisotopic (exact) mass is 282 g/mol. The first kappa shape index (κ1) is 16.3. The number of nitrogens with one attached hydrogen (secondary N) is 1. The lowest BCUT2D eigenvalue weighted by atomic mass is 9.72.